The third kappa shape index (κ3) is 3.03. The van der Waals surface area contributed by atoms with Crippen LogP contribution >= 0.6 is 79.6 Å². The zero-order valence-corrected chi connectivity index (χ0v) is 18.9. The Balaban J connectivity index is 2.25. The summed E-state index contributed by atoms with van der Waals surface area (Å²) in [5.41, 5.74) is 0.243. The molecule has 0 spiro atoms. The monoisotopic (exact) mass is 634 g/mol. The fourth-order valence-corrected chi connectivity index (χ4v) is 3.40. The van der Waals surface area contributed by atoms with Gasteiger partial charge in [0.05, 0.1) is 5.56 Å². The van der Waals surface area contributed by atoms with E-state index in [1.54, 1.807) is 12.1 Å². The molecule has 0 bridgehead atoms. The van der Waals surface area contributed by atoms with E-state index in [1.807, 2.05) is 12.1 Å². The average Bonchev–Trinajstić information content (AvgIpc) is 2.45. The van der Waals surface area contributed by atoms with Crippen LogP contribution in [-0.2, 0) is 3.23 Å². The quantitative estimate of drug-likeness (QED) is 0.228. The first kappa shape index (κ1) is 17.8. The molecule has 0 atom stereocenters. The Morgan fingerprint density at radius 3 is 1.96 bits per heavy atom. The van der Waals surface area contributed by atoms with E-state index >= 15 is 0 Å². The third-order valence-corrected chi connectivity index (χ3v) is 10.1. The molecule has 1 aliphatic heterocycles. The summed E-state index contributed by atoms with van der Waals surface area (Å²) in [6, 6.07) is 8.43. The summed E-state index contributed by atoms with van der Waals surface area (Å²) in [7, 11) is 0. The minimum absolute atomic E-state index is 0.243. The number of para-hydroxylation sites is 2. The van der Waals surface area contributed by atoms with Gasteiger partial charge >= 0.3 is 0 Å². The maximum absolute atomic E-state index is 10.4. The summed E-state index contributed by atoms with van der Waals surface area (Å²) >= 11 is 17.2. The van der Waals surface area contributed by atoms with E-state index in [0.29, 0.717) is 11.5 Å². The Hall–Kier alpha value is 0.0400. The first-order valence-corrected chi connectivity index (χ1v) is 10.1. The number of phenolic OH excluding ortho intramolecular Hbond substituents is 2. The lowest BCUT2D eigenvalue weighted by molar-refractivity contribution is 0.340. The predicted octanol–water partition coefficient (Wildman–Crippen LogP) is 6.78. The van der Waals surface area contributed by atoms with E-state index in [9.17, 15) is 10.2 Å². The summed E-state index contributed by atoms with van der Waals surface area (Å²) in [5, 5.41) is 20.5. The van der Waals surface area contributed by atoms with Gasteiger partial charge in [-0.1, -0.05) is 91.8 Å². The van der Waals surface area contributed by atoms with Crippen molar-refractivity contribution in [2.24, 2.45) is 0 Å². The van der Waals surface area contributed by atoms with Crippen molar-refractivity contribution in [3.05, 3.63) is 35.9 Å². The molecule has 23 heavy (non-hydrogen) atoms. The molecule has 0 amide bonds. The van der Waals surface area contributed by atoms with Crippen molar-refractivity contribution < 1.29 is 19.7 Å². The number of aromatic hydroxyl groups is 2. The summed E-state index contributed by atoms with van der Waals surface area (Å²) in [5.74, 6) is 0.912. The highest BCUT2D eigenvalue weighted by Gasteiger charge is 2.50. The maximum Gasteiger partial charge on any atom is 0.179 e. The van der Waals surface area contributed by atoms with E-state index in [2.05, 4.69) is 79.6 Å². The van der Waals surface area contributed by atoms with Gasteiger partial charge in [-0.05, 0) is 12.1 Å². The third-order valence-electron chi connectivity index (χ3n) is 3.15. The van der Waals surface area contributed by atoms with Crippen LogP contribution in [0.1, 0.15) is 5.56 Å². The molecule has 0 saturated carbocycles. The lowest BCUT2D eigenvalue weighted by atomic mass is 10.1. The van der Waals surface area contributed by atoms with Crippen molar-refractivity contribution in [3.8, 4) is 34.5 Å². The zero-order chi connectivity index (χ0) is 17.0. The van der Waals surface area contributed by atoms with E-state index in [1.165, 1.54) is 6.07 Å². The molecular formula is C14H7Br5O4. The molecule has 2 aromatic rings. The van der Waals surface area contributed by atoms with E-state index < -0.39 is 5.38 Å². The van der Waals surface area contributed by atoms with Crippen LogP contribution in [0.3, 0.4) is 0 Å². The van der Waals surface area contributed by atoms with Crippen LogP contribution in [0.15, 0.2) is 30.3 Å². The van der Waals surface area contributed by atoms with E-state index in [-0.39, 0.29) is 28.6 Å². The molecule has 0 saturated heterocycles. The molecule has 4 nitrogen and oxygen atoms in total. The number of rotatable bonds is 1. The van der Waals surface area contributed by atoms with E-state index in [0.717, 1.165) is 0 Å². The molecule has 0 aromatic heterocycles. The predicted molar refractivity (Wildman–Crippen MR) is 105 cm³/mol. The molecule has 1 aliphatic rings. The fraction of sp³-hybridized carbons (Fsp3) is 0.143. The van der Waals surface area contributed by atoms with Crippen LogP contribution in [0.5, 0.6) is 34.5 Å². The summed E-state index contributed by atoms with van der Waals surface area (Å²) in [6.07, 6.45) is 0. The van der Waals surface area contributed by atoms with Crippen LogP contribution in [0.4, 0.5) is 0 Å². The topological polar surface area (TPSA) is 58.9 Å². The largest absolute Gasteiger partial charge is 0.504 e. The van der Waals surface area contributed by atoms with Crippen molar-refractivity contribution in [1.29, 1.82) is 0 Å². The second-order valence-corrected chi connectivity index (χ2v) is 14.9. The molecule has 0 radical (unpaired) electrons. The van der Waals surface area contributed by atoms with Gasteiger partial charge in [0.25, 0.3) is 0 Å². The molecule has 0 fully saturated rings. The Bertz CT molecular complexity index is 785. The maximum atomic E-state index is 10.4. The number of hydrogen-bond donors (Lipinski definition) is 2. The molecule has 9 heteroatoms. The smallest absolute Gasteiger partial charge is 0.179 e. The number of halogens is 5. The van der Waals surface area contributed by atoms with Gasteiger partial charge < -0.3 is 19.7 Å². The van der Waals surface area contributed by atoms with Crippen molar-refractivity contribution in [1.82, 2.24) is 0 Å². The van der Waals surface area contributed by atoms with Crippen molar-refractivity contribution >= 4 is 79.6 Å². The molecule has 2 aromatic carbocycles. The van der Waals surface area contributed by atoms with E-state index in [4.69, 9.17) is 9.47 Å². The zero-order valence-electron chi connectivity index (χ0n) is 11.0. The highest BCUT2D eigenvalue weighted by atomic mass is 80.0. The minimum atomic E-state index is -1.09. The van der Waals surface area contributed by atoms with Crippen LogP contribution in [0, 0.1) is 0 Å². The second-order valence-electron chi connectivity index (χ2n) is 4.67. The van der Waals surface area contributed by atoms with Crippen molar-refractivity contribution in [2.75, 3.05) is 0 Å². The first-order chi connectivity index (χ1) is 10.6. The normalized spacial score (nSPS) is 13.6. The lowest BCUT2D eigenvalue weighted by Gasteiger charge is -2.33. The van der Waals surface area contributed by atoms with Crippen molar-refractivity contribution in [2.45, 2.75) is 5.38 Å². The second kappa shape index (κ2) is 6.09. The SMILES string of the molecule is Oc1cc2c(c(C(Br)(Br)C(Br)(Br)Br)c1O)Oc1ccccc1O2. The Labute approximate surface area is 173 Å². The fourth-order valence-electron chi connectivity index (χ4n) is 2.07. The van der Waals surface area contributed by atoms with Gasteiger partial charge in [0.2, 0.25) is 0 Å². The standard InChI is InChI=1S/C14H7Br5O4/c15-13(16,14(17,18)19)10-11(21)6(20)5-9-12(10)23-8-4-2-1-3-7(8)22-9/h1-5,20-21H. The first-order valence-electron chi connectivity index (χ1n) is 6.11. The molecule has 0 unspecified atom stereocenters. The number of alkyl halides is 5. The Kier molecular flexibility index (Phi) is 4.72. The Morgan fingerprint density at radius 1 is 0.826 bits per heavy atom. The summed E-state index contributed by atoms with van der Waals surface area (Å²) < 4.78 is 9.69. The average molecular weight is 639 g/mol. The minimum Gasteiger partial charge on any atom is -0.504 e. The van der Waals surface area contributed by atoms with Gasteiger partial charge in [0.15, 0.2) is 36.6 Å². The number of benzene rings is 2. The van der Waals surface area contributed by atoms with Gasteiger partial charge in [-0.2, -0.15) is 0 Å². The highest BCUT2D eigenvalue weighted by Crippen LogP contribution is 2.66. The van der Waals surface area contributed by atoms with Crippen LogP contribution in [-0.4, -0.2) is 12.4 Å². The number of fused-ring (bicyclic) bond motifs is 2. The molecule has 2 N–H and O–H groups in total. The summed E-state index contributed by atoms with van der Waals surface area (Å²) in [6.45, 7) is 0. The number of ether oxygens (including phenoxy) is 2. The number of hydrogen-bond acceptors (Lipinski definition) is 4. The van der Waals surface area contributed by atoms with Gasteiger partial charge in [0.1, 0.15) is 3.23 Å². The van der Waals surface area contributed by atoms with Gasteiger partial charge in [-0.25, -0.2) is 0 Å². The molecule has 122 valence electrons. The number of phenols is 2. The molecule has 3 rings (SSSR count). The highest BCUT2D eigenvalue weighted by molar-refractivity contribution is 9.41. The van der Waals surface area contributed by atoms with Gasteiger partial charge in [-0.15, -0.1) is 0 Å². The van der Waals surface area contributed by atoms with Gasteiger partial charge in [0, 0.05) is 6.07 Å². The van der Waals surface area contributed by atoms with Crippen molar-refractivity contribution in [3.63, 3.8) is 0 Å². The molecular weight excluding hydrogens is 632 g/mol. The summed E-state index contributed by atoms with van der Waals surface area (Å²) in [4.78, 5) is 0. The van der Waals surface area contributed by atoms with Crippen LogP contribution in [0.25, 0.3) is 0 Å². The Morgan fingerprint density at radius 2 is 1.39 bits per heavy atom. The van der Waals surface area contributed by atoms with Gasteiger partial charge in [-0.3, -0.25) is 0 Å². The van der Waals surface area contributed by atoms with Crippen LogP contribution < -0.4 is 9.47 Å². The van der Waals surface area contributed by atoms with Crippen LogP contribution in [0.2, 0.25) is 0 Å². The molecule has 1 heterocycles. The lowest BCUT2D eigenvalue weighted by Crippen LogP contribution is -2.26. The molecule has 0 aliphatic carbocycles.